The molecule has 10 heteroatoms. The second kappa shape index (κ2) is 8.47. The standard InChI is InChI=1S/C23H25ClN4O5/c1-23(21(25)30)14-6-4-5-7-17(14)27(22(31)28(23)13-8-9-13)12-20(29)26-16-10-15(24)18(32-2)11-19(16)33-3/h4-7,10-11,13H,8-9,12H2,1-3H3,(H2,25,30)(H,26,29). The van der Waals surface area contributed by atoms with Gasteiger partial charge in [0.1, 0.15) is 23.6 Å². The number of nitrogens with two attached hydrogens (primary N) is 1. The van der Waals surface area contributed by atoms with Gasteiger partial charge in [-0.25, -0.2) is 4.79 Å². The van der Waals surface area contributed by atoms with Crippen molar-refractivity contribution in [1.29, 1.82) is 0 Å². The van der Waals surface area contributed by atoms with Crippen LogP contribution in [0.2, 0.25) is 5.02 Å². The predicted molar refractivity (Wildman–Crippen MR) is 124 cm³/mol. The molecule has 174 valence electrons. The van der Waals surface area contributed by atoms with E-state index in [4.69, 9.17) is 26.8 Å². The van der Waals surface area contributed by atoms with Crippen LogP contribution >= 0.6 is 11.6 Å². The number of fused-ring (bicyclic) bond motifs is 1. The maximum Gasteiger partial charge on any atom is 0.326 e. The normalized spacial score (nSPS) is 19.7. The van der Waals surface area contributed by atoms with Crippen LogP contribution < -0.4 is 25.4 Å². The number of ether oxygens (including phenoxy) is 2. The lowest BCUT2D eigenvalue weighted by Gasteiger charge is -2.47. The molecule has 4 amide bonds. The minimum Gasteiger partial charge on any atom is -0.495 e. The fraction of sp³-hybridized carbons (Fsp3) is 0.348. The van der Waals surface area contributed by atoms with E-state index in [0.29, 0.717) is 33.5 Å². The number of carbonyl (C=O) groups is 3. The molecule has 0 spiro atoms. The Morgan fingerprint density at radius 2 is 1.85 bits per heavy atom. The zero-order chi connectivity index (χ0) is 23.9. The van der Waals surface area contributed by atoms with Crippen LogP contribution in [0, 0.1) is 0 Å². The van der Waals surface area contributed by atoms with Gasteiger partial charge in [0, 0.05) is 17.7 Å². The number of nitrogens with zero attached hydrogens (tertiary/aromatic N) is 2. The van der Waals surface area contributed by atoms with Gasteiger partial charge in [-0.3, -0.25) is 14.5 Å². The summed E-state index contributed by atoms with van der Waals surface area (Å²) in [6.45, 7) is 1.38. The Bertz CT molecular complexity index is 1140. The third kappa shape index (κ3) is 3.82. The van der Waals surface area contributed by atoms with Crippen molar-refractivity contribution in [3.8, 4) is 11.5 Å². The highest BCUT2D eigenvalue weighted by Gasteiger charge is 2.55. The number of hydrogen-bond acceptors (Lipinski definition) is 5. The quantitative estimate of drug-likeness (QED) is 0.642. The molecule has 9 nitrogen and oxygen atoms in total. The predicted octanol–water partition coefficient (Wildman–Crippen LogP) is 3.10. The van der Waals surface area contributed by atoms with Crippen LogP contribution in [0.25, 0.3) is 0 Å². The van der Waals surface area contributed by atoms with E-state index in [-0.39, 0.29) is 12.6 Å². The molecule has 1 saturated carbocycles. The molecule has 0 saturated heterocycles. The average molecular weight is 473 g/mol. The highest BCUT2D eigenvalue weighted by molar-refractivity contribution is 6.32. The zero-order valence-corrected chi connectivity index (χ0v) is 19.3. The van der Waals surface area contributed by atoms with Crippen molar-refractivity contribution in [2.24, 2.45) is 5.73 Å². The summed E-state index contributed by atoms with van der Waals surface area (Å²) in [5.41, 5.74) is 5.88. The van der Waals surface area contributed by atoms with Gasteiger partial charge in [0.2, 0.25) is 11.8 Å². The molecule has 0 bridgehead atoms. The Balaban J connectivity index is 1.67. The van der Waals surface area contributed by atoms with Crippen molar-refractivity contribution in [3.05, 3.63) is 47.0 Å². The lowest BCUT2D eigenvalue weighted by molar-refractivity contribution is -0.128. The number of urea groups is 1. The molecule has 1 heterocycles. The summed E-state index contributed by atoms with van der Waals surface area (Å²) >= 11 is 6.20. The number of methoxy groups -OCH3 is 2. The number of hydrogen-bond donors (Lipinski definition) is 2. The Labute approximate surface area is 196 Å². The molecule has 0 aromatic heterocycles. The van der Waals surface area contributed by atoms with E-state index >= 15 is 0 Å². The van der Waals surface area contributed by atoms with Gasteiger partial charge in [0.15, 0.2) is 0 Å². The third-order valence-electron chi connectivity index (χ3n) is 6.08. The van der Waals surface area contributed by atoms with Gasteiger partial charge < -0.3 is 25.4 Å². The van der Waals surface area contributed by atoms with Crippen molar-refractivity contribution in [2.75, 3.05) is 31.0 Å². The van der Waals surface area contributed by atoms with E-state index in [1.807, 2.05) is 0 Å². The first-order valence-corrected chi connectivity index (χ1v) is 10.8. The molecule has 1 unspecified atom stereocenters. The molecule has 1 fully saturated rings. The molecule has 2 aliphatic rings. The number of amides is 4. The van der Waals surface area contributed by atoms with E-state index in [0.717, 1.165) is 12.8 Å². The molecule has 2 aromatic carbocycles. The fourth-order valence-electron chi connectivity index (χ4n) is 4.22. The van der Waals surface area contributed by atoms with E-state index in [1.54, 1.807) is 37.3 Å². The second-order valence-corrected chi connectivity index (χ2v) is 8.57. The molecule has 0 radical (unpaired) electrons. The lowest BCUT2D eigenvalue weighted by Crippen LogP contribution is -2.64. The maximum absolute atomic E-state index is 13.5. The first-order chi connectivity index (χ1) is 15.7. The number of primary amides is 1. The molecule has 2 aromatic rings. The van der Waals surface area contributed by atoms with Crippen molar-refractivity contribution < 1.29 is 23.9 Å². The molecule has 1 aliphatic heterocycles. The molecule has 4 rings (SSSR count). The van der Waals surface area contributed by atoms with E-state index in [2.05, 4.69) is 5.32 Å². The monoisotopic (exact) mass is 472 g/mol. The highest BCUT2D eigenvalue weighted by atomic mass is 35.5. The number of carbonyl (C=O) groups excluding carboxylic acids is 3. The minimum atomic E-state index is -1.30. The smallest absolute Gasteiger partial charge is 0.326 e. The first kappa shape index (κ1) is 22.7. The van der Waals surface area contributed by atoms with Crippen LogP contribution in [-0.2, 0) is 15.1 Å². The molecular formula is C23H25ClN4O5. The van der Waals surface area contributed by atoms with Crippen LogP contribution in [0.5, 0.6) is 11.5 Å². The van der Waals surface area contributed by atoms with Crippen LogP contribution in [0.3, 0.4) is 0 Å². The van der Waals surface area contributed by atoms with Crippen LogP contribution in [0.4, 0.5) is 16.2 Å². The molecular weight excluding hydrogens is 448 g/mol. The molecule has 1 aliphatic carbocycles. The van der Waals surface area contributed by atoms with Crippen molar-refractivity contribution >= 4 is 40.8 Å². The number of halogens is 1. The minimum absolute atomic E-state index is 0.102. The van der Waals surface area contributed by atoms with Gasteiger partial charge in [0.25, 0.3) is 0 Å². The van der Waals surface area contributed by atoms with E-state index < -0.39 is 23.4 Å². The number of para-hydroxylation sites is 1. The Morgan fingerprint density at radius 3 is 2.45 bits per heavy atom. The summed E-state index contributed by atoms with van der Waals surface area (Å²) in [7, 11) is 2.94. The summed E-state index contributed by atoms with van der Waals surface area (Å²) < 4.78 is 10.5. The zero-order valence-electron chi connectivity index (χ0n) is 18.6. The Hall–Kier alpha value is -3.46. The fourth-order valence-corrected chi connectivity index (χ4v) is 4.47. The van der Waals surface area contributed by atoms with Crippen LogP contribution in [0.1, 0.15) is 25.3 Å². The Kier molecular flexibility index (Phi) is 5.84. The van der Waals surface area contributed by atoms with E-state index in [1.165, 1.54) is 30.1 Å². The number of nitrogens with one attached hydrogen (secondary N) is 1. The van der Waals surface area contributed by atoms with Gasteiger partial charge >= 0.3 is 6.03 Å². The Morgan fingerprint density at radius 1 is 1.18 bits per heavy atom. The van der Waals surface area contributed by atoms with Crippen molar-refractivity contribution in [2.45, 2.75) is 31.3 Å². The summed E-state index contributed by atoms with van der Waals surface area (Å²) in [5.74, 6) is -0.318. The third-order valence-corrected chi connectivity index (χ3v) is 6.38. The second-order valence-electron chi connectivity index (χ2n) is 8.16. The highest BCUT2D eigenvalue weighted by Crippen LogP contribution is 2.46. The van der Waals surface area contributed by atoms with E-state index in [9.17, 15) is 14.4 Å². The summed E-state index contributed by atoms with van der Waals surface area (Å²) in [6, 6.07) is 9.54. The average Bonchev–Trinajstić information content (AvgIpc) is 3.62. The van der Waals surface area contributed by atoms with Gasteiger partial charge in [-0.1, -0.05) is 29.8 Å². The summed E-state index contributed by atoms with van der Waals surface area (Å²) in [4.78, 5) is 42.0. The molecule has 3 N–H and O–H groups in total. The topological polar surface area (TPSA) is 114 Å². The first-order valence-electron chi connectivity index (χ1n) is 10.4. The SMILES string of the molecule is COc1cc(OC)c(NC(=O)CN2C(=O)N(C3CC3)C(C)(C(N)=O)c3ccccc32)cc1Cl. The summed E-state index contributed by atoms with van der Waals surface area (Å²) in [5, 5.41) is 3.04. The number of rotatable bonds is 7. The molecule has 33 heavy (non-hydrogen) atoms. The van der Waals surface area contributed by atoms with Gasteiger partial charge in [-0.05, 0) is 31.9 Å². The summed E-state index contributed by atoms with van der Waals surface area (Å²) in [6.07, 6.45) is 1.55. The lowest BCUT2D eigenvalue weighted by atomic mass is 9.85. The largest absolute Gasteiger partial charge is 0.495 e. The molecule has 1 atom stereocenters. The van der Waals surface area contributed by atoms with Gasteiger partial charge in [0.05, 0.1) is 30.6 Å². The van der Waals surface area contributed by atoms with Crippen molar-refractivity contribution in [1.82, 2.24) is 4.90 Å². The van der Waals surface area contributed by atoms with Gasteiger partial charge in [-0.15, -0.1) is 0 Å². The number of anilines is 2. The maximum atomic E-state index is 13.5. The van der Waals surface area contributed by atoms with Crippen LogP contribution in [-0.4, -0.2) is 49.6 Å². The number of benzene rings is 2. The van der Waals surface area contributed by atoms with Crippen molar-refractivity contribution in [3.63, 3.8) is 0 Å². The van der Waals surface area contributed by atoms with Crippen LogP contribution in [0.15, 0.2) is 36.4 Å². The van der Waals surface area contributed by atoms with Gasteiger partial charge in [-0.2, -0.15) is 0 Å².